The van der Waals surface area contributed by atoms with Crippen LogP contribution in [0, 0.1) is 0 Å². The second-order valence-electron chi connectivity index (χ2n) is 4.98. The highest BCUT2D eigenvalue weighted by Gasteiger charge is 2.21. The monoisotopic (exact) mass is 271 g/mol. The van der Waals surface area contributed by atoms with Crippen molar-refractivity contribution < 1.29 is 4.79 Å². The highest BCUT2D eigenvalue weighted by atomic mass is 16.2. The van der Waals surface area contributed by atoms with E-state index in [-0.39, 0.29) is 5.91 Å². The van der Waals surface area contributed by atoms with Crippen molar-refractivity contribution in [3.05, 3.63) is 29.6 Å². The molecule has 0 fully saturated rings. The first-order chi connectivity index (χ1) is 9.60. The number of aryl methyl sites for hydroxylation is 2. The molecular weight excluding hydrogens is 254 g/mol. The van der Waals surface area contributed by atoms with Crippen molar-refractivity contribution in [3.63, 3.8) is 0 Å². The molecule has 0 unspecified atom stereocenters. The maximum absolute atomic E-state index is 11.7. The number of fused-ring (bicyclic) bond motifs is 1. The van der Waals surface area contributed by atoms with Gasteiger partial charge in [0.2, 0.25) is 5.91 Å². The number of carbonyl (C=O) groups is 1. The van der Waals surface area contributed by atoms with Gasteiger partial charge in [-0.3, -0.25) is 4.79 Å². The standard InChI is InChI=1S/C14H17N5O/c1-18-11-5-3-10(7-9(11)4-6-13(18)20)14-16-12(8-15)17-19(14)2/h3,5,7H,4,6,8,15H2,1-2H3. The zero-order valence-corrected chi connectivity index (χ0v) is 11.6. The van der Waals surface area contributed by atoms with Crippen molar-refractivity contribution in [3.8, 4) is 11.4 Å². The minimum atomic E-state index is 0.161. The average molecular weight is 271 g/mol. The number of hydrogen-bond donors (Lipinski definition) is 1. The van der Waals surface area contributed by atoms with Crippen LogP contribution in [0.1, 0.15) is 17.8 Å². The lowest BCUT2D eigenvalue weighted by Crippen LogP contribution is -2.31. The molecule has 1 amide bonds. The maximum Gasteiger partial charge on any atom is 0.227 e. The zero-order chi connectivity index (χ0) is 14.3. The van der Waals surface area contributed by atoms with Crippen molar-refractivity contribution in [1.29, 1.82) is 0 Å². The normalized spacial score (nSPS) is 14.6. The Labute approximate surface area is 117 Å². The van der Waals surface area contributed by atoms with Crippen molar-refractivity contribution in [2.24, 2.45) is 12.8 Å². The van der Waals surface area contributed by atoms with Crippen LogP contribution >= 0.6 is 0 Å². The summed E-state index contributed by atoms with van der Waals surface area (Å²) in [5.74, 6) is 1.59. The average Bonchev–Trinajstić information content (AvgIpc) is 2.84. The molecule has 0 atom stereocenters. The molecule has 20 heavy (non-hydrogen) atoms. The Morgan fingerprint density at radius 1 is 1.30 bits per heavy atom. The van der Waals surface area contributed by atoms with Crippen LogP contribution in [0.3, 0.4) is 0 Å². The molecule has 6 heteroatoms. The highest BCUT2D eigenvalue weighted by Crippen LogP contribution is 2.30. The van der Waals surface area contributed by atoms with Crippen molar-refractivity contribution >= 4 is 11.6 Å². The van der Waals surface area contributed by atoms with Gasteiger partial charge >= 0.3 is 0 Å². The summed E-state index contributed by atoms with van der Waals surface area (Å²) in [7, 11) is 3.67. The van der Waals surface area contributed by atoms with E-state index < -0.39 is 0 Å². The van der Waals surface area contributed by atoms with Crippen LogP contribution in [-0.4, -0.2) is 27.7 Å². The van der Waals surface area contributed by atoms with E-state index in [4.69, 9.17) is 5.73 Å². The fourth-order valence-electron chi connectivity index (χ4n) is 2.57. The van der Waals surface area contributed by atoms with E-state index in [1.54, 1.807) is 9.58 Å². The first kappa shape index (κ1) is 12.8. The summed E-state index contributed by atoms with van der Waals surface area (Å²) in [6.45, 7) is 0.329. The first-order valence-corrected chi connectivity index (χ1v) is 6.60. The number of amides is 1. The molecule has 2 heterocycles. The fourth-order valence-corrected chi connectivity index (χ4v) is 2.57. The zero-order valence-electron chi connectivity index (χ0n) is 11.6. The summed E-state index contributed by atoms with van der Waals surface area (Å²) >= 11 is 0. The second kappa shape index (κ2) is 4.72. The Bertz CT molecular complexity index is 676. The van der Waals surface area contributed by atoms with E-state index in [1.165, 1.54) is 5.56 Å². The van der Waals surface area contributed by atoms with Gasteiger partial charge in [-0.2, -0.15) is 5.10 Å². The third kappa shape index (κ3) is 1.98. The van der Waals surface area contributed by atoms with E-state index >= 15 is 0 Å². The summed E-state index contributed by atoms with van der Waals surface area (Å²) in [6.07, 6.45) is 1.33. The molecule has 3 rings (SSSR count). The minimum absolute atomic E-state index is 0.161. The second-order valence-corrected chi connectivity index (χ2v) is 4.98. The predicted octanol–water partition coefficient (Wildman–Crippen LogP) is 0.850. The summed E-state index contributed by atoms with van der Waals surface area (Å²) in [5, 5.41) is 4.26. The van der Waals surface area contributed by atoms with E-state index in [9.17, 15) is 4.79 Å². The first-order valence-electron chi connectivity index (χ1n) is 6.60. The van der Waals surface area contributed by atoms with Crippen LogP contribution < -0.4 is 10.6 Å². The van der Waals surface area contributed by atoms with Gasteiger partial charge in [-0.15, -0.1) is 0 Å². The Kier molecular flexibility index (Phi) is 3.02. The SMILES string of the molecule is CN1C(=O)CCc2cc(-c3nc(CN)nn3C)ccc21. The van der Waals surface area contributed by atoms with Crippen LogP contribution in [0.2, 0.25) is 0 Å². The van der Waals surface area contributed by atoms with Crippen molar-refractivity contribution in [1.82, 2.24) is 14.8 Å². The molecule has 1 aliphatic rings. The summed E-state index contributed by atoms with van der Waals surface area (Å²) in [4.78, 5) is 17.8. The topological polar surface area (TPSA) is 77.0 Å². The number of rotatable bonds is 2. The Hall–Kier alpha value is -2.21. The molecule has 1 aromatic carbocycles. The lowest BCUT2D eigenvalue weighted by Gasteiger charge is -2.26. The smallest absolute Gasteiger partial charge is 0.227 e. The Morgan fingerprint density at radius 2 is 2.10 bits per heavy atom. The highest BCUT2D eigenvalue weighted by molar-refractivity contribution is 5.96. The van der Waals surface area contributed by atoms with Crippen LogP contribution in [-0.2, 0) is 24.8 Å². The van der Waals surface area contributed by atoms with E-state index in [0.717, 1.165) is 23.5 Å². The van der Waals surface area contributed by atoms with Crippen LogP contribution in [0.15, 0.2) is 18.2 Å². The quantitative estimate of drug-likeness (QED) is 0.878. The van der Waals surface area contributed by atoms with Gasteiger partial charge in [-0.05, 0) is 30.2 Å². The Morgan fingerprint density at radius 3 is 2.80 bits per heavy atom. The summed E-state index contributed by atoms with van der Waals surface area (Å²) < 4.78 is 1.74. The van der Waals surface area contributed by atoms with Crippen LogP contribution in [0.4, 0.5) is 5.69 Å². The largest absolute Gasteiger partial charge is 0.324 e. The number of nitrogens with zero attached hydrogens (tertiary/aromatic N) is 4. The van der Waals surface area contributed by atoms with Gasteiger partial charge in [0.25, 0.3) is 0 Å². The van der Waals surface area contributed by atoms with Gasteiger partial charge in [-0.1, -0.05) is 0 Å². The molecule has 2 N–H and O–H groups in total. The van der Waals surface area contributed by atoms with Gasteiger partial charge in [0.15, 0.2) is 11.6 Å². The molecule has 104 valence electrons. The van der Waals surface area contributed by atoms with Gasteiger partial charge in [0, 0.05) is 31.8 Å². The molecule has 6 nitrogen and oxygen atoms in total. The third-order valence-electron chi connectivity index (χ3n) is 3.67. The third-order valence-corrected chi connectivity index (χ3v) is 3.67. The van der Waals surface area contributed by atoms with Gasteiger partial charge in [0.1, 0.15) is 0 Å². The van der Waals surface area contributed by atoms with E-state index in [1.807, 2.05) is 26.2 Å². The molecule has 0 radical (unpaired) electrons. The van der Waals surface area contributed by atoms with E-state index in [0.29, 0.717) is 18.8 Å². The van der Waals surface area contributed by atoms with Crippen molar-refractivity contribution in [2.45, 2.75) is 19.4 Å². The van der Waals surface area contributed by atoms with Crippen molar-refractivity contribution in [2.75, 3.05) is 11.9 Å². The van der Waals surface area contributed by atoms with Gasteiger partial charge in [0.05, 0.1) is 6.54 Å². The number of carbonyl (C=O) groups excluding carboxylic acids is 1. The van der Waals surface area contributed by atoms with E-state index in [2.05, 4.69) is 16.1 Å². The molecule has 0 aliphatic carbocycles. The number of aromatic nitrogens is 3. The number of nitrogens with two attached hydrogens (primary N) is 1. The van der Waals surface area contributed by atoms with Gasteiger partial charge < -0.3 is 10.6 Å². The molecule has 2 aromatic rings. The number of anilines is 1. The van der Waals surface area contributed by atoms with Gasteiger partial charge in [-0.25, -0.2) is 9.67 Å². The molecule has 1 aliphatic heterocycles. The molecule has 1 aromatic heterocycles. The lowest BCUT2D eigenvalue weighted by molar-refractivity contribution is -0.118. The Balaban J connectivity index is 2.04. The maximum atomic E-state index is 11.7. The number of hydrogen-bond acceptors (Lipinski definition) is 4. The summed E-state index contributed by atoms with van der Waals surface area (Å²) in [6, 6.07) is 6.03. The molecule has 0 saturated carbocycles. The van der Waals surface area contributed by atoms with Crippen LogP contribution in [0.5, 0.6) is 0 Å². The molecule has 0 saturated heterocycles. The fraction of sp³-hybridized carbons (Fsp3) is 0.357. The number of benzene rings is 1. The molecular formula is C14H17N5O. The molecule has 0 spiro atoms. The molecule has 0 bridgehead atoms. The predicted molar refractivity (Wildman–Crippen MR) is 76.1 cm³/mol. The van der Waals surface area contributed by atoms with Crippen LogP contribution in [0.25, 0.3) is 11.4 Å². The minimum Gasteiger partial charge on any atom is -0.324 e. The lowest BCUT2D eigenvalue weighted by atomic mass is 9.99. The summed E-state index contributed by atoms with van der Waals surface area (Å²) in [5.41, 5.74) is 8.72.